The summed E-state index contributed by atoms with van der Waals surface area (Å²) in [5.41, 5.74) is 3.85. The molecule has 1 rings (SSSR count). The Morgan fingerprint density at radius 2 is 1.73 bits per heavy atom. The van der Waals surface area contributed by atoms with Gasteiger partial charge in [-0.3, -0.25) is 0 Å². The molecule has 1 saturated heterocycles. The molecule has 1 aliphatic rings. The second-order valence-corrected chi connectivity index (χ2v) is 3.62. The zero-order valence-corrected chi connectivity index (χ0v) is 7.57. The van der Waals surface area contributed by atoms with E-state index in [0.29, 0.717) is 0 Å². The van der Waals surface area contributed by atoms with Crippen LogP contribution in [0.5, 0.6) is 0 Å². The molecule has 0 unspecified atom stereocenters. The third-order valence-corrected chi connectivity index (χ3v) is 2.59. The molecule has 0 aliphatic carbocycles. The summed E-state index contributed by atoms with van der Waals surface area (Å²) < 4.78 is 0. The zero-order valence-electron chi connectivity index (χ0n) is 7.57. The smallest absolute Gasteiger partial charge is 0.0773 e. The van der Waals surface area contributed by atoms with E-state index in [1.54, 1.807) is 0 Å². The van der Waals surface area contributed by atoms with E-state index in [-0.39, 0.29) is 0 Å². The topological polar surface area (TPSA) is 32.1 Å². The molecule has 4 N–H and O–H groups in total. The van der Waals surface area contributed by atoms with Crippen molar-refractivity contribution in [3.63, 3.8) is 0 Å². The average Bonchev–Trinajstić information content (AvgIpc) is 2.50. The maximum atomic E-state index is 3.85. The van der Waals surface area contributed by atoms with Gasteiger partial charge in [0.1, 0.15) is 0 Å². The van der Waals surface area contributed by atoms with E-state index in [1.165, 1.54) is 51.7 Å². The van der Waals surface area contributed by atoms with Crippen LogP contribution in [0.3, 0.4) is 0 Å². The fraction of sp³-hybridized carbons (Fsp3) is 1.00. The molecule has 0 aromatic heterocycles. The number of rotatable bonds is 5. The van der Waals surface area contributed by atoms with E-state index in [0.717, 1.165) is 6.54 Å². The van der Waals surface area contributed by atoms with E-state index in [9.17, 15) is 0 Å². The van der Waals surface area contributed by atoms with Crippen LogP contribution in [-0.4, -0.2) is 26.2 Å². The van der Waals surface area contributed by atoms with E-state index in [4.69, 9.17) is 0 Å². The molecule has 1 aliphatic heterocycles. The fourth-order valence-electron chi connectivity index (χ4n) is 1.85. The standard InChI is InChI=1S/C9H20N2/c10-6-2-1-3-7-11-8-4-5-9-11/h1-10H2/p+2. The molecule has 0 atom stereocenters. The van der Waals surface area contributed by atoms with Crippen LogP contribution in [0.4, 0.5) is 0 Å². The van der Waals surface area contributed by atoms with Gasteiger partial charge in [0.15, 0.2) is 0 Å². The lowest BCUT2D eigenvalue weighted by Gasteiger charge is -2.10. The quantitative estimate of drug-likeness (QED) is 0.485. The lowest BCUT2D eigenvalue weighted by molar-refractivity contribution is -0.887. The highest BCUT2D eigenvalue weighted by molar-refractivity contribution is 4.45. The first-order chi connectivity index (χ1) is 5.43. The van der Waals surface area contributed by atoms with E-state index >= 15 is 0 Å². The van der Waals surface area contributed by atoms with Crippen molar-refractivity contribution in [3.8, 4) is 0 Å². The Kier molecular flexibility index (Phi) is 4.55. The van der Waals surface area contributed by atoms with Gasteiger partial charge < -0.3 is 10.6 Å². The van der Waals surface area contributed by atoms with E-state index in [2.05, 4.69) is 5.73 Å². The van der Waals surface area contributed by atoms with Crippen molar-refractivity contribution in [3.05, 3.63) is 0 Å². The van der Waals surface area contributed by atoms with Crippen molar-refractivity contribution in [2.75, 3.05) is 26.2 Å². The van der Waals surface area contributed by atoms with Gasteiger partial charge in [-0.2, -0.15) is 0 Å². The normalized spacial score (nSPS) is 19.4. The van der Waals surface area contributed by atoms with Crippen LogP contribution in [-0.2, 0) is 0 Å². The van der Waals surface area contributed by atoms with Gasteiger partial charge in [-0.1, -0.05) is 0 Å². The Labute approximate surface area is 69.8 Å². The van der Waals surface area contributed by atoms with Gasteiger partial charge in [0.25, 0.3) is 0 Å². The van der Waals surface area contributed by atoms with Crippen LogP contribution in [0, 0.1) is 0 Å². The maximum Gasteiger partial charge on any atom is 0.0773 e. The summed E-state index contributed by atoms with van der Waals surface area (Å²) in [6.45, 7) is 5.41. The minimum Gasteiger partial charge on any atom is -0.358 e. The third-order valence-electron chi connectivity index (χ3n) is 2.59. The van der Waals surface area contributed by atoms with Gasteiger partial charge >= 0.3 is 0 Å². The number of nitrogens with one attached hydrogen (secondary N) is 1. The molecular weight excluding hydrogens is 136 g/mol. The molecule has 1 fully saturated rings. The summed E-state index contributed by atoms with van der Waals surface area (Å²) in [7, 11) is 0. The van der Waals surface area contributed by atoms with Gasteiger partial charge in [0.2, 0.25) is 0 Å². The number of quaternary nitrogens is 2. The molecule has 2 nitrogen and oxygen atoms in total. The van der Waals surface area contributed by atoms with Gasteiger partial charge in [0, 0.05) is 12.8 Å². The molecule has 0 aromatic carbocycles. The van der Waals surface area contributed by atoms with Crippen molar-refractivity contribution in [1.29, 1.82) is 0 Å². The van der Waals surface area contributed by atoms with E-state index < -0.39 is 0 Å². The molecule has 0 aromatic rings. The number of hydrogen-bond donors (Lipinski definition) is 2. The molecule has 0 amide bonds. The molecule has 66 valence electrons. The summed E-state index contributed by atoms with van der Waals surface area (Å²) >= 11 is 0. The maximum absolute atomic E-state index is 3.85. The van der Waals surface area contributed by atoms with Crippen molar-refractivity contribution in [1.82, 2.24) is 0 Å². The Balaban J connectivity index is 1.86. The lowest BCUT2D eigenvalue weighted by Crippen LogP contribution is -3.09. The summed E-state index contributed by atoms with van der Waals surface area (Å²) in [5, 5.41) is 0. The van der Waals surface area contributed by atoms with E-state index in [1.807, 2.05) is 4.90 Å². The molecule has 11 heavy (non-hydrogen) atoms. The highest BCUT2D eigenvalue weighted by atomic mass is 15.1. The number of unbranched alkanes of at least 4 members (excludes halogenated alkanes) is 2. The van der Waals surface area contributed by atoms with Gasteiger partial charge in [0.05, 0.1) is 26.2 Å². The summed E-state index contributed by atoms with van der Waals surface area (Å²) in [4.78, 5) is 1.84. The Morgan fingerprint density at radius 1 is 1.00 bits per heavy atom. The monoisotopic (exact) mass is 158 g/mol. The Hall–Kier alpha value is -0.0800. The minimum absolute atomic E-state index is 1.12. The Morgan fingerprint density at radius 3 is 2.36 bits per heavy atom. The highest BCUT2D eigenvalue weighted by Crippen LogP contribution is 1.92. The minimum atomic E-state index is 1.12. The first-order valence-corrected chi connectivity index (χ1v) is 5.06. The van der Waals surface area contributed by atoms with Crippen LogP contribution in [0.1, 0.15) is 32.1 Å². The van der Waals surface area contributed by atoms with Crippen molar-refractivity contribution in [2.24, 2.45) is 0 Å². The van der Waals surface area contributed by atoms with Gasteiger partial charge in [-0.25, -0.2) is 0 Å². The number of hydrogen-bond acceptors (Lipinski definition) is 0. The second kappa shape index (κ2) is 5.56. The van der Waals surface area contributed by atoms with Crippen LogP contribution < -0.4 is 10.6 Å². The summed E-state index contributed by atoms with van der Waals surface area (Å²) in [6, 6.07) is 0. The molecule has 2 heteroatoms. The average molecular weight is 158 g/mol. The van der Waals surface area contributed by atoms with Crippen LogP contribution in [0.25, 0.3) is 0 Å². The SMILES string of the molecule is [NH3+]CCCCC[NH+]1CCCC1. The molecule has 1 heterocycles. The molecule has 0 spiro atoms. The third kappa shape index (κ3) is 3.73. The fourth-order valence-corrected chi connectivity index (χ4v) is 1.85. The largest absolute Gasteiger partial charge is 0.358 e. The lowest BCUT2D eigenvalue weighted by atomic mass is 10.2. The molecule has 0 saturated carbocycles. The van der Waals surface area contributed by atoms with Crippen LogP contribution >= 0.6 is 0 Å². The van der Waals surface area contributed by atoms with Gasteiger partial charge in [-0.05, 0) is 19.3 Å². The summed E-state index contributed by atoms with van der Waals surface area (Å²) in [5.74, 6) is 0. The second-order valence-electron chi connectivity index (χ2n) is 3.62. The highest BCUT2D eigenvalue weighted by Gasteiger charge is 2.13. The van der Waals surface area contributed by atoms with Crippen LogP contribution in [0.15, 0.2) is 0 Å². The first-order valence-electron chi connectivity index (χ1n) is 5.06. The molecular formula is C9H22N2+2. The van der Waals surface area contributed by atoms with Crippen molar-refractivity contribution >= 4 is 0 Å². The Bertz CT molecular complexity index is 87.6. The molecule has 0 bridgehead atoms. The summed E-state index contributed by atoms with van der Waals surface area (Å²) in [6.07, 6.45) is 7.07. The first kappa shape index (κ1) is 9.01. The molecule has 0 radical (unpaired) electrons. The predicted molar refractivity (Wildman–Crippen MR) is 46.4 cm³/mol. The van der Waals surface area contributed by atoms with Crippen LogP contribution in [0.2, 0.25) is 0 Å². The zero-order chi connectivity index (χ0) is 7.94. The van der Waals surface area contributed by atoms with Crippen molar-refractivity contribution < 1.29 is 10.6 Å². The van der Waals surface area contributed by atoms with Crippen molar-refractivity contribution in [2.45, 2.75) is 32.1 Å². The predicted octanol–water partition coefficient (Wildman–Crippen LogP) is -0.923. The van der Waals surface area contributed by atoms with Gasteiger partial charge in [-0.15, -0.1) is 0 Å². The number of likely N-dealkylation sites (tertiary alicyclic amines) is 1.